The fourth-order valence-corrected chi connectivity index (χ4v) is 2.45. The average molecular weight is 300 g/mol. The van der Waals surface area contributed by atoms with Crippen LogP contribution in [0.25, 0.3) is 0 Å². The first-order chi connectivity index (χ1) is 9.08. The molecule has 0 saturated carbocycles. The summed E-state index contributed by atoms with van der Waals surface area (Å²) in [5.41, 5.74) is 0.383. The Morgan fingerprint density at radius 2 is 2.32 bits per heavy atom. The van der Waals surface area contributed by atoms with Crippen LogP contribution < -0.4 is 5.32 Å². The van der Waals surface area contributed by atoms with Crippen molar-refractivity contribution in [1.82, 2.24) is 15.2 Å². The molecule has 6 nitrogen and oxygen atoms in total. The minimum atomic E-state index is -0.323. The lowest BCUT2D eigenvalue weighted by Gasteiger charge is -2.13. The number of nitrogens with one attached hydrogen (secondary N) is 1. The van der Waals surface area contributed by atoms with Crippen molar-refractivity contribution in [2.45, 2.75) is 0 Å². The molecule has 0 aliphatic carbocycles. The van der Waals surface area contributed by atoms with Crippen molar-refractivity contribution >= 4 is 40.4 Å². The predicted octanol–water partition coefficient (Wildman–Crippen LogP) is 1.16. The molecule has 0 aromatic carbocycles. The molecule has 0 radical (unpaired) electrons. The molecule has 3 amide bonds. The summed E-state index contributed by atoms with van der Waals surface area (Å²) in [5, 5.41) is 2.57. The van der Waals surface area contributed by atoms with Crippen molar-refractivity contribution in [1.29, 1.82) is 0 Å². The predicted molar refractivity (Wildman–Crippen MR) is 71.1 cm³/mol. The molecule has 100 valence electrons. The molecule has 0 unspecified atom stereocenters. The number of hydrogen-bond acceptors (Lipinski definition) is 5. The van der Waals surface area contributed by atoms with Crippen LogP contribution in [-0.4, -0.2) is 45.8 Å². The SMILES string of the molecule is O=C(NCCN1C(=O)CSC1=O)c1ccnc(Cl)c1. The molecule has 1 fully saturated rings. The summed E-state index contributed by atoms with van der Waals surface area (Å²) in [6.45, 7) is 0.381. The first-order valence-electron chi connectivity index (χ1n) is 5.45. The number of carbonyl (C=O) groups is 3. The van der Waals surface area contributed by atoms with Crippen LogP contribution in [0.3, 0.4) is 0 Å². The van der Waals surface area contributed by atoms with Gasteiger partial charge in [-0.25, -0.2) is 4.98 Å². The summed E-state index contributed by atoms with van der Waals surface area (Å²) in [7, 11) is 0. The molecule has 19 heavy (non-hydrogen) atoms. The van der Waals surface area contributed by atoms with E-state index in [9.17, 15) is 14.4 Å². The van der Waals surface area contributed by atoms with Gasteiger partial charge in [0, 0.05) is 24.8 Å². The third-order valence-corrected chi connectivity index (χ3v) is 3.52. The van der Waals surface area contributed by atoms with E-state index in [-0.39, 0.29) is 41.0 Å². The quantitative estimate of drug-likeness (QED) is 0.844. The van der Waals surface area contributed by atoms with E-state index in [2.05, 4.69) is 10.3 Å². The normalized spacial score (nSPS) is 14.9. The Kier molecular flexibility index (Phi) is 4.39. The monoisotopic (exact) mass is 299 g/mol. The first kappa shape index (κ1) is 13.8. The van der Waals surface area contributed by atoms with E-state index in [0.717, 1.165) is 16.7 Å². The van der Waals surface area contributed by atoms with Crippen molar-refractivity contribution in [3.8, 4) is 0 Å². The van der Waals surface area contributed by atoms with E-state index in [4.69, 9.17) is 11.6 Å². The van der Waals surface area contributed by atoms with Crippen LogP contribution in [0.1, 0.15) is 10.4 Å². The van der Waals surface area contributed by atoms with Crippen LogP contribution in [0.2, 0.25) is 5.15 Å². The lowest BCUT2D eigenvalue weighted by atomic mass is 10.2. The molecule has 1 saturated heterocycles. The van der Waals surface area contributed by atoms with Crippen LogP contribution >= 0.6 is 23.4 Å². The van der Waals surface area contributed by atoms with Gasteiger partial charge in [-0.1, -0.05) is 23.4 Å². The molecule has 1 aliphatic heterocycles. The number of hydrogen-bond donors (Lipinski definition) is 1. The van der Waals surface area contributed by atoms with Crippen LogP contribution in [0.15, 0.2) is 18.3 Å². The number of amides is 3. The molecule has 1 N–H and O–H groups in total. The van der Waals surface area contributed by atoms with Gasteiger partial charge in [0.2, 0.25) is 5.91 Å². The van der Waals surface area contributed by atoms with Gasteiger partial charge in [-0.15, -0.1) is 0 Å². The van der Waals surface area contributed by atoms with E-state index in [1.165, 1.54) is 18.3 Å². The summed E-state index contributed by atoms with van der Waals surface area (Å²) in [6, 6.07) is 2.97. The standard InChI is InChI=1S/C11H10ClN3O3S/c12-8-5-7(1-2-13-8)10(17)14-3-4-15-9(16)6-19-11(15)18/h1-2,5H,3-4,6H2,(H,14,17). The van der Waals surface area contributed by atoms with Gasteiger partial charge in [0.15, 0.2) is 0 Å². The van der Waals surface area contributed by atoms with Gasteiger partial charge in [0.25, 0.3) is 11.1 Å². The van der Waals surface area contributed by atoms with E-state index in [1.807, 2.05) is 0 Å². The third-order valence-electron chi connectivity index (χ3n) is 2.45. The lowest BCUT2D eigenvalue weighted by molar-refractivity contribution is -0.124. The Hall–Kier alpha value is -1.60. The Morgan fingerprint density at radius 3 is 2.95 bits per heavy atom. The van der Waals surface area contributed by atoms with Gasteiger partial charge in [-0.05, 0) is 12.1 Å². The highest BCUT2D eigenvalue weighted by molar-refractivity contribution is 8.14. The molecule has 0 bridgehead atoms. The number of rotatable bonds is 4. The average Bonchev–Trinajstić information content (AvgIpc) is 2.70. The van der Waals surface area contributed by atoms with Crippen molar-refractivity contribution in [2.75, 3.05) is 18.8 Å². The van der Waals surface area contributed by atoms with Crippen molar-refractivity contribution in [3.05, 3.63) is 29.0 Å². The van der Waals surface area contributed by atoms with Crippen molar-refractivity contribution < 1.29 is 14.4 Å². The summed E-state index contributed by atoms with van der Waals surface area (Å²) >= 11 is 6.64. The Balaban J connectivity index is 1.84. The number of pyridine rings is 1. The number of carbonyl (C=O) groups excluding carboxylic acids is 3. The maximum absolute atomic E-state index is 11.7. The number of imide groups is 1. The molecule has 0 spiro atoms. The van der Waals surface area contributed by atoms with Crippen molar-refractivity contribution in [3.63, 3.8) is 0 Å². The zero-order valence-electron chi connectivity index (χ0n) is 9.76. The second kappa shape index (κ2) is 6.03. The van der Waals surface area contributed by atoms with Crippen LogP contribution in [-0.2, 0) is 4.79 Å². The van der Waals surface area contributed by atoms with Gasteiger partial charge in [-0.3, -0.25) is 19.3 Å². The molecular weight excluding hydrogens is 290 g/mol. The summed E-state index contributed by atoms with van der Waals surface area (Å²) < 4.78 is 0. The Labute approximate surface area is 118 Å². The minimum absolute atomic E-state index is 0.173. The molecular formula is C11H10ClN3O3S. The maximum atomic E-state index is 11.7. The number of aromatic nitrogens is 1. The lowest BCUT2D eigenvalue weighted by Crippen LogP contribution is -2.37. The summed E-state index contributed by atoms with van der Waals surface area (Å²) in [6.07, 6.45) is 1.43. The van der Waals surface area contributed by atoms with Crippen LogP contribution in [0, 0.1) is 0 Å². The van der Waals surface area contributed by atoms with Gasteiger partial charge in [0.05, 0.1) is 5.75 Å². The van der Waals surface area contributed by atoms with Crippen LogP contribution in [0.5, 0.6) is 0 Å². The van der Waals surface area contributed by atoms with Gasteiger partial charge in [-0.2, -0.15) is 0 Å². The molecule has 8 heteroatoms. The van der Waals surface area contributed by atoms with Gasteiger partial charge < -0.3 is 5.32 Å². The highest BCUT2D eigenvalue weighted by Gasteiger charge is 2.29. The topological polar surface area (TPSA) is 79.4 Å². The highest BCUT2D eigenvalue weighted by atomic mass is 35.5. The minimum Gasteiger partial charge on any atom is -0.350 e. The second-order valence-electron chi connectivity index (χ2n) is 3.72. The zero-order chi connectivity index (χ0) is 13.8. The molecule has 2 heterocycles. The van der Waals surface area contributed by atoms with Crippen LogP contribution in [0.4, 0.5) is 4.79 Å². The smallest absolute Gasteiger partial charge is 0.288 e. The molecule has 1 aromatic rings. The van der Waals surface area contributed by atoms with E-state index in [1.54, 1.807) is 0 Å². The fraction of sp³-hybridized carbons (Fsp3) is 0.273. The first-order valence-corrected chi connectivity index (χ1v) is 6.81. The van der Waals surface area contributed by atoms with Gasteiger partial charge in [0.1, 0.15) is 5.15 Å². The van der Waals surface area contributed by atoms with E-state index in [0.29, 0.717) is 5.56 Å². The molecule has 1 aromatic heterocycles. The van der Waals surface area contributed by atoms with Gasteiger partial charge >= 0.3 is 0 Å². The molecule has 0 atom stereocenters. The zero-order valence-corrected chi connectivity index (χ0v) is 11.3. The number of halogens is 1. The summed E-state index contributed by atoms with van der Waals surface area (Å²) in [5.74, 6) is -0.375. The maximum Gasteiger partial charge on any atom is 0.288 e. The summed E-state index contributed by atoms with van der Waals surface area (Å²) in [4.78, 5) is 39.3. The largest absolute Gasteiger partial charge is 0.350 e. The Morgan fingerprint density at radius 1 is 1.53 bits per heavy atom. The number of nitrogens with zero attached hydrogens (tertiary/aromatic N) is 2. The Bertz CT molecular complexity index is 522. The number of thioether (sulfide) groups is 1. The molecule has 1 aliphatic rings. The molecule has 2 rings (SSSR count). The highest BCUT2D eigenvalue weighted by Crippen LogP contribution is 2.17. The van der Waals surface area contributed by atoms with Crippen molar-refractivity contribution in [2.24, 2.45) is 0 Å². The van der Waals surface area contributed by atoms with E-state index < -0.39 is 0 Å². The fourth-order valence-electron chi connectivity index (χ4n) is 1.52. The van der Waals surface area contributed by atoms with E-state index >= 15 is 0 Å². The second-order valence-corrected chi connectivity index (χ2v) is 5.04. The third kappa shape index (κ3) is 3.45.